The summed E-state index contributed by atoms with van der Waals surface area (Å²) in [5.74, 6) is 5.60. The molecular weight excluding hydrogens is 311 g/mol. The molecule has 0 aliphatic carbocycles. The molecular formula is C12H11Cl3N2S. The van der Waals surface area contributed by atoms with Gasteiger partial charge in [0.05, 0.1) is 10.4 Å². The van der Waals surface area contributed by atoms with Gasteiger partial charge in [0.1, 0.15) is 0 Å². The van der Waals surface area contributed by atoms with Crippen molar-refractivity contribution < 1.29 is 0 Å². The zero-order chi connectivity index (χ0) is 13.1. The van der Waals surface area contributed by atoms with E-state index in [4.69, 9.17) is 40.6 Å². The molecule has 6 heteroatoms. The van der Waals surface area contributed by atoms with Gasteiger partial charge in [0.15, 0.2) is 0 Å². The largest absolute Gasteiger partial charge is 0.271 e. The van der Waals surface area contributed by atoms with Crippen LogP contribution in [0.1, 0.15) is 16.5 Å². The van der Waals surface area contributed by atoms with E-state index < -0.39 is 0 Å². The summed E-state index contributed by atoms with van der Waals surface area (Å²) in [5, 5.41) is 1.28. The Hall–Kier alpha value is -0.290. The maximum Gasteiger partial charge on any atom is 0.0931 e. The molecule has 0 aliphatic rings. The molecule has 0 spiro atoms. The van der Waals surface area contributed by atoms with E-state index >= 15 is 0 Å². The van der Waals surface area contributed by atoms with E-state index in [0.29, 0.717) is 16.5 Å². The van der Waals surface area contributed by atoms with E-state index in [1.165, 1.54) is 11.3 Å². The van der Waals surface area contributed by atoms with Crippen molar-refractivity contribution in [2.24, 2.45) is 5.84 Å². The van der Waals surface area contributed by atoms with Crippen LogP contribution >= 0.6 is 46.1 Å². The molecule has 0 radical (unpaired) electrons. The minimum Gasteiger partial charge on any atom is -0.271 e. The quantitative estimate of drug-likeness (QED) is 0.644. The fraction of sp³-hybridized carbons (Fsp3) is 0.167. The number of nitrogens with one attached hydrogen (secondary N) is 1. The van der Waals surface area contributed by atoms with E-state index in [-0.39, 0.29) is 6.04 Å². The number of hydrazine groups is 1. The van der Waals surface area contributed by atoms with Crippen LogP contribution in [-0.2, 0) is 6.42 Å². The van der Waals surface area contributed by atoms with Crippen LogP contribution in [0.4, 0.5) is 0 Å². The van der Waals surface area contributed by atoms with Gasteiger partial charge in [-0.25, -0.2) is 0 Å². The highest BCUT2D eigenvalue weighted by atomic mass is 35.5. The fourth-order valence-electron chi connectivity index (χ4n) is 1.70. The molecule has 1 atom stereocenters. The first kappa shape index (κ1) is 14.1. The Bertz CT molecular complexity index is 542. The van der Waals surface area contributed by atoms with Crippen LogP contribution in [-0.4, -0.2) is 0 Å². The molecule has 0 amide bonds. The fourth-order valence-corrected chi connectivity index (χ4v) is 3.27. The molecule has 0 saturated heterocycles. The molecule has 0 saturated carbocycles. The van der Waals surface area contributed by atoms with E-state index in [1.807, 2.05) is 18.2 Å². The molecule has 18 heavy (non-hydrogen) atoms. The number of halogens is 3. The maximum atomic E-state index is 6.16. The van der Waals surface area contributed by atoms with Crippen molar-refractivity contribution in [1.82, 2.24) is 5.43 Å². The summed E-state index contributed by atoms with van der Waals surface area (Å²) in [6.45, 7) is 0. The lowest BCUT2D eigenvalue weighted by Gasteiger charge is -2.17. The predicted molar refractivity (Wildman–Crippen MR) is 79.6 cm³/mol. The van der Waals surface area contributed by atoms with Crippen molar-refractivity contribution in [2.75, 3.05) is 0 Å². The van der Waals surface area contributed by atoms with Gasteiger partial charge < -0.3 is 0 Å². The van der Waals surface area contributed by atoms with Gasteiger partial charge in [-0.1, -0.05) is 34.8 Å². The van der Waals surface area contributed by atoms with Gasteiger partial charge in [0.2, 0.25) is 0 Å². The number of thiophene rings is 1. The zero-order valence-corrected chi connectivity index (χ0v) is 12.4. The average Bonchev–Trinajstić information content (AvgIpc) is 2.75. The molecule has 0 aliphatic heterocycles. The Morgan fingerprint density at radius 3 is 2.56 bits per heavy atom. The first-order valence-electron chi connectivity index (χ1n) is 5.25. The third-order valence-electron chi connectivity index (χ3n) is 2.57. The van der Waals surface area contributed by atoms with Crippen LogP contribution in [0.15, 0.2) is 30.3 Å². The van der Waals surface area contributed by atoms with Crippen molar-refractivity contribution in [1.29, 1.82) is 0 Å². The summed E-state index contributed by atoms with van der Waals surface area (Å²) in [6.07, 6.45) is 0.716. The second-order valence-corrected chi connectivity index (χ2v) is 6.44. The first-order chi connectivity index (χ1) is 8.60. The number of hydrogen-bond acceptors (Lipinski definition) is 3. The van der Waals surface area contributed by atoms with Gasteiger partial charge in [-0.15, -0.1) is 11.3 Å². The molecule has 0 bridgehead atoms. The third kappa shape index (κ3) is 3.38. The molecule has 0 fully saturated rings. The first-order valence-corrected chi connectivity index (χ1v) is 7.20. The molecule has 3 N–H and O–H groups in total. The molecule has 1 aromatic carbocycles. The summed E-state index contributed by atoms with van der Waals surface area (Å²) < 4.78 is 0.762. The molecule has 2 nitrogen and oxygen atoms in total. The van der Waals surface area contributed by atoms with Crippen LogP contribution in [0.2, 0.25) is 14.4 Å². The van der Waals surface area contributed by atoms with Crippen molar-refractivity contribution >= 4 is 46.1 Å². The summed E-state index contributed by atoms with van der Waals surface area (Å²) >= 11 is 19.6. The number of benzene rings is 1. The number of rotatable bonds is 4. The van der Waals surface area contributed by atoms with E-state index in [2.05, 4.69) is 5.43 Å². The van der Waals surface area contributed by atoms with Crippen molar-refractivity contribution in [3.63, 3.8) is 0 Å². The Morgan fingerprint density at radius 2 is 1.94 bits per heavy atom. The normalized spacial score (nSPS) is 12.7. The minimum atomic E-state index is -0.0917. The van der Waals surface area contributed by atoms with Gasteiger partial charge in [-0.3, -0.25) is 11.3 Å². The standard InChI is InChI=1S/C12H11Cl3N2S/c13-7-1-3-10(14)9(5-7)11(17-16)6-8-2-4-12(15)18-8/h1-5,11,17H,6,16H2. The third-order valence-corrected chi connectivity index (χ3v) is 4.40. The minimum absolute atomic E-state index is 0.0917. The Kier molecular flexibility index (Phi) is 4.90. The van der Waals surface area contributed by atoms with E-state index in [0.717, 1.165) is 14.8 Å². The lowest BCUT2D eigenvalue weighted by molar-refractivity contribution is 0.556. The van der Waals surface area contributed by atoms with Gasteiger partial charge in [-0.05, 0) is 35.9 Å². The summed E-state index contributed by atoms with van der Waals surface area (Å²) in [5.41, 5.74) is 3.65. The Balaban J connectivity index is 2.25. The monoisotopic (exact) mass is 320 g/mol. The van der Waals surface area contributed by atoms with Gasteiger partial charge in [0.25, 0.3) is 0 Å². The lowest BCUT2D eigenvalue weighted by atomic mass is 10.0. The topological polar surface area (TPSA) is 38.0 Å². The highest BCUT2D eigenvalue weighted by Crippen LogP contribution is 2.31. The van der Waals surface area contributed by atoms with Gasteiger partial charge in [-0.2, -0.15) is 0 Å². The Labute approximate surface area is 125 Å². The molecule has 1 unspecified atom stereocenters. The molecule has 2 aromatic rings. The zero-order valence-electron chi connectivity index (χ0n) is 9.29. The lowest BCUT2D eigenvalue weighted by Crippen LogP contribution is -2.29. The van der Waals surface area contributed by atoms with Crippen LogP contribution in [0.5, 0.6) is 0 Å². The number of nitrogens with two attached hydrogens (primary N) is 1. The Morgan fingerprint density at radius 1 is 1.17 bits per heavy atom. The SMILES string of the molecule is NNC(Cc1ccc(Cl)s1)c1cc(Cl)ccc1Cl. The van der Waals surface area contributed by atoms with Crippen LogP contribution < -0.4 is 11.3 Å². The summed E-state index contributed by atoms with van der Waals surface area (Å²) in [7, 11) is 0. The van der Waals surface area contributed by atoms with Crippen molar-refractivity contribution in [3.8, 4) is 0 Å². The average molecular weight is 322 g/mol. The van der Waals surface area contributed by atoms with Crippen LogP contribution in [0.3, 0.4) is 0 Å². The van der Waals surface area contributed by atoms with Gasteiger partial charge in [0, 0.05) is 21.3 Å². The molecule has 2 rings (SSSR count). The number of hydrogen-bond donors (Lipinski definition) is 2. The smallest absolute Gasteiger partial charge is 0.0931 e. The summed E-state index contributed by atoms with van der Waals surface area (Å²) in [4.78, 5) is 1.14. The molecule has 1 heterocycles. The maximum absolute atomic E-state index is 6.16. The van der Waals surface area contributed by atoms with E-state index in [1.54, 1.807) is 12.1 Å². The van der Waals surface area contributed by atoms with Crippen molar-refractivity contribution in [2.45, 2.75) is 12.5 Å². The van der Waals surface area contributed by atoms with E-state index in [9.17, 15) is 0 Å². The highest BCUT2D eigenvalue weighted by molar-refractivity contribution is 7.16. The van der Waals surface area contributed by atoms with Crippen LogP contribution in [0, 0.1) is 0 Å². The highest BCUT2D eigenvalue weighted by Gasteiger charge is 2.15. The van der Waals surface area contributed by atoms with Crippen LogP contribution in [0.25, 0.3) is 0 Å². The van der Waals surface area contributed by atoms with Crippen molar-refractivity contribution in [3.05, 3.63) is 55.2 Å². The summed E-state index contributed by atoms with van der Waals surface area (Å²) in [6, 6.07) is 9.10. The second-order valence-electron chi connectivity index (χ2n) is 3.80. The molecule has 96 valence electrons. The second kappa shape index (κ2) is 6.24. The predicted octanol–water partition coefficient (Wildman–Crippen LogP) is 4.46. The molecule has 1 aromatic heterocycles. The van der Waals surface area contributed by atoms with Gasteiger partial charge >= 0.3 is 0 Å².